The Morgan fingerprint density at radius 1 is 1.24 bits per heavy atom. The molecule has 2 aromatic rings. The molecular formula is C15H12F3N3. The first-order chi connectivity index (χ1) is 10.0. The first-order valence-electron chi connectivity index (χ1n) is 6.25. The topological polar surface area (TPSA) is 48.7 Å². The summed E-state index contributed by atoms with van der Waals surface area (Å²) < 4.78 is 37.7. The molecule has 0 radical (unpaired) electrons. The summed E-state index contributed by atoms with van der Waals surface area (Å²) in [5, 5.41) is 11.9. The molecule has 108 valence electrons. The minimum atomic E-state index is -4.44. The highest BCUT2D eigenvalue weighted by molar-refractivity contribution is 5.59. The fourth-order valence-corrected chi connectivity index (χ4v) is 1.85. The van der Waals surface area contributed by atoms with Crippen LogP contribution in [0.1, 0.15) is 16.7 Å². The van der Waals surface area contributed by atoms with Gasteiger partial charge in [-0.3, -0.25) is 4.98 Å². The van der Waals surface area contributed by atoms with Crippen LogP contribution in [0.15, 0.2) is 42.7 Å². The molecule has 0 saturated heterocycles. The lowest BCUT2D eigenvalue weighted by Gasteiger charge is -2.11. The second-order valence-electron chi connectivity index (χ2n) is 4.41. The third kappa shape index (κ3) is 3.96. The molecule has 2 rings (SSSR count). The SMILES string of the molecule is N#Cc1cc(C(F)(F)F)ccc1NCCc1cccnc1. The number of nitrogens with zero attached hydrogens (tertiary/aromatic N) is 2. The van der Waals surface area contributed by atoms with Gasteiger partial charge in [0.1, 0.15) is 6.07 Å². The van der Waals surface area contributed by atoms with E-state index in [0.717, 1.165) is 17.7 Å². The molecule has 3 nitrogen and oxygen atoms in total. The Bertz CT molecular complexity index is 645. The van der Waals surface area contributed by atoms with Crippen molar-refractivity contribution in [1.82, 2.24) is 4.98 Å². The smallest absolute Gasteiger partial charge is 0.384 e. The quantitative estimate of drug-likeness (QED) is 0.935. The van der Waals surface area contributed by atoms with Crippen LogP contribution in [-0.4, -0.2) is 11.5 Å². The number of rotatable bonds is 4. The molecule has 0 aliphatic heterocycles. The lowest BCUT2D eigenvalue weighted by atomic mass is 10.1. The Morgan fingerprint density at radius 3 is 2.67 bits per heavy atom. The average molecular weight is 291 g/mol. The number of benzene rings is 1. The van der Waals surface area contributed by atoms with Gasteiger partial charge in [0.25, 0.3) is 0 Å². The highest BCUT2D eigenvalue weighted by atomic mass is 19.4. The Labute approximate surface area is 120 Å². The Kier molecular flexibility index (Phi) is 4.43. The number of nitrogens with one attached hydrogen (secondary N) is 1. The fraction of sp³-hybridized carbons (Fsp3) is 0.200. The van der Waals surface area contributed by atoms with Gasteiger partial charge in [-0.05, 0) is 36.2 Å². The number of anilines is 1. The molecule has 0 fully saturated rings. The molecule has 1 aromatic carbocycles. The predicted octanol–water partition coefficient (Wildman–Crippen LogP) is 3.63. The minimum Gasteiger partial charge on any atom is -0.384 e. The van der Waals surface area contributed by atoms with Crippen LogP contribution in [0.2, 0.25) is 0 Å². The standard InChI is InChI=1S/C15H12F3N3/c16-15(17,18)13-3-4-14(12(8-13)9-19)21-7-5-11-2-1-6-20-10-11/h1-4,6,8,10,21H,5,7H2. The molecule has 0 amide bonds. The van der Waals surface area contributed by atoms with Crippen molar-refractivity contribution >= 4 is 5.69 Å². The molecule has 1 N–H and O–H groups in total. The minimum absolute atomic E-state index is 0.0176. The number of nitriles is 1. The van der Waals surface area contributed by atoms with Crippen LogP contribution in [0.5, 0.6) is 0 Å². The van der Waals surface area contributed by atoms with Crippen molar-refractivity contribution in [2.24, 2.45) is 0 Å². The van der Waals surface area contributed by atoms with Crippen molar-refractivity contribution in [3.8, 4) is 6.07 Å². The number of alkyl halides is 3. The largest absolute Gasteiger partial charge is 0.416 e. The van der Waals surface area contributed by atoms with E-state index in [1.54, 1.807) is 18.5 Å². The van der Waals surface area contributed by atoms with Gasteiger partial charge in [0.2, 0.25) is 0 Å². The van der Waals surface area contributed by atoms with E-state index >= 15 is 0 Å². The maximum atomic E-state index is 12.6. The number of hydrogen-bond acceptors (Lipinski definition) is 3. The summed E-state index contributed by atoms with van der Waals surface area (Å²) in [6, 6.07) is 8.61. The molecule has 21 heavy (non-hydrogen) atoms. The molecule has 0 bridgehead atoms. The van der Waals surface area contributed by atoms with Gasteiger partial charge in [0.05, 0.1) is 16.8 Å². The third-order valence-corrected chi connectivity index (χ3v) is 2.92. The molecule has 1 aromatic heterocycles. The van der Waals surface area contributed by atoms with Crippen molar-refractivity contribution in [2.45, 2.75) is 12.6 Å². The Morgan fingerprint density at radius 2 is 2.05 bits per heavy atom. The fourth-order valence-electron chi connectivity index (χ4n) is 1.85. The van der Waals surface area contributed by atoms with Crippen LogP contribution in [0.3, 0.4) is 0 Å². The molecular weight excluding hydrogens is 279 g/mol. The zero-order valence-corrected chi connectivity index (χ0v) is 11.0. The van der Waals surface area contributed by atoms with E-state index < -0.39 is 11.7 Å². The van der Waals surface area contributed by atoms with Crippen LogP contribution in [0.25, 0.3) is 0 Å². The molecule has 0 saturated carbocycles. The van der Waals surface area contributed by atoms with E-state index in [2.05, 4.69) is 10.3 Å². The van der Waals surface area contributed by atoms with Gasteiger partial charge in [0, 0.05) is 18.9 Å². The molecule has 0 aliphatic rings. The highest BCUT2D eigenvalue weighted by Crippen LogP contribution is 2.31. The third-order valence-electron chi connectivity index (χ3n) is 2.92. The number of pyridine rings is 1. The van der Waals surface area contributed by atoms with E-state index in [1.165, 1.54) is 6.07 Å². The van der Waals surface area contributed by atoms with Crippen molar-refractivity contribution < 1.29 is 13.2 Å². The predicted molar refractivity (Wildman–Crippen MR) is 72.6 cm³/mol. The van der Waals surface area contributed by atoms with Crippen LogP contribution in [-0.2, 0) is 12.6 Å². The van der Waals surface area contributed by atoms with Crippen molar-refractivity contribution in [3.63, 3.8) is 0 Å². The molecule has 1 heterocycles. The lowest BCUT2D eigenvalue weighted by molar-refractivity contribution is -0.137. The van der Waals surface area contributed by atoms with Gasteiger partial charge < -0.3 is 5.32 Å². The van der Waals surface area contributed by atoms with Gasteiger partial charge in [-0.1, -0.05) is 6.07 Å². The van der Waals surface area contributed by atoms with Gasteiger partial charge >= 0.3 is 6.18 Å². The summed E-state index contributed by atoms with van der Waals surface area (Å²) in [6.07, 6.45) is -0.389. The number of aromatic nitrogens is 1. The Hall–Kier alpha value is -2.55. The second kappa shape index (κ2) is 6.27. The molecule has 6 heteroatoms. The van der Waals surface area contributed by atoms with E-state index in [0.29, 0.717) is 18.7 Å². The summed E-state index contributed by atoms with van der Waals surface area (Å²) in [6.45, 7) is 0.506. The van der Waals surface area contributed by atoms with Gasteiger partial charge in [-0.15, -0.1) is 0 Å². The number of halogens is 3. The summed E-state index contributed by atoms with van der Waals surface area (Å²) in [5.74, 6) is 0. The summed E-state index contributed by atoms with van der Waals surface area (Å²) >= 11 is 0. The first-order valence-corrected chi connectivity index (χ1v) is 6.25. The lowest BCUT2D eigenvalue weighted by Crippen LogP contribution is -2.09. The van der Waals surface area contributed by atoms with Crippen LogP contribution >= 0.6 is 0 Å². The Balaban J connectivity index is 2.05. The number of hydrogen-bond donors (Lipinski definition) is 1. The van der Waals surface area contributed by atoms with E-state index in [4.69, 9.17) is 5.26 Å². The van der Waals surface area contributed by atoms with Gasteiger partial charge in [-0.25, -0.2) is 0 Å². The maximum Gasteiger partial charge on any atom is 0.416 e. The van der Waals surface area contributed by atoms with E-state index in [-0.39, 0.29) is 5.56 Å². The summed E-state index contributed by atoms with van der Waals surface area (Å²) in [7, 11) is 0. The van der Waals surface area contributed by atoms with Crippen LogP contribution in [0.4, 0.5) is 18.9 Å². The van der Waals surface area contributed by atoms with Crippen molar-refractivity contribution in [3.05, 3.63) is 59.4 Å². The summed E-state index contributed by atoms with van der Waals surface area (Å²) in [5.41, 5.74) is 0.567. The van der Waals surface area contributed by atoms with Gasteiger partial charge in [-0.2, -0.15) is 18.4 Å². The molecule has 0 spiro atoms. The zero-order chi connectivity index (χ0) is 15.3. The van der Waals surface area contributed by atoms with Crippen LogP contribution < -0.4 is 5.32 Å². The van der Waals surface area contributed by atoms with Crippen molar-refractivity contribution in [1.29, 1.82) is 5.26 Å². The summed E-state index contributed by atoms with van der Waals surface area (Å²) in [4.78, 5) is 3.98. The molecule has 0 atom stereocenters. The highest BCUT2D eigenvalue weighted by Gasteiger charge is 2.30. The van der Waals surface area contributed by atoms with Crippen molar-refractivity contribution in [2.75, 3.05) is 11.9 Å². The van der Waals surface area contributed by atoms with E-state index in [1.807, 2.05) is 12.1 Å². The second-order valence-corrected chi connectivity index (χ2v) is 4.41. The molecule has 0 unspecified atom stereocenters. The first kappa shape index (κ1) is 14.9. The average Bonchev–Trinajstić information content (AvgIpc) is 2.47. The van der Waals surface area contributed by atoms with Crippen LogP contribution in [0, 0.1) is 11.3 Å². The maximum absolute atomic E-state index is 12.6. The van der Waals surface area contributed by atoms with E-state index in [9.17, 15) is 13.2 Å². The molecule has 0 aliphatic carbocycles. The normalized spacial score (nSPS) is 11.0. The van der Waals surface area contributed by atoms with Gasteiger partial charge in [0.15, 0.2) is 0 Å². The zero-order valence-electron chi connectivity index (χ0n) is 11.0. The monoisotopic (exact) mass is 291 g/mol.